The molecule has 0 bridgehead atoms. The fourth-order valence-electron chi connectivity index (χ4n) is 2.19. The van der Waals surface area contributed by atoms with Crippen LogP contribution in [0.5, 0.6) is 0 Å². The maximum absolute atomic E-state index is 10.8. The molecule has 100 valence electrons. The Bertz CT molecular complexity index is 388. The Balaban J connectivity index is 0.00000162. The average molecular weight is 335 g/mol. The largest absolute Gasteiger partial charge is 0.481 e. The molecular weight excluding hydrogens is 318 g/mol. The molecule has 1 heterocycles. The first kappa shape index (κ1) is 15.5. The zero-order chi connectivity index (χ0) is 12.3. The highest BCUT2D eigenvalue weighted by atomic mass is 79.9. The van der Waals surface area contributed by atoms with Crippen molar-refractivity contribution in [1.29, 1.82) is 0 Å². The summed E-state index contributed by atoms with van der Waals surface area (Å²) >= 11 is 3.42. The Morgan fingerprint density at radius 2 is 1.83 bits per heavy atom. The van der Waals surface area contributed by atoms with Gasteiger partial charge in [0, 0.05) is 11.0 Å². The van der Waals surface area contributed by atoms with E-state index in [4.69, 9.17) is 5.11 Å². The third-order valence-corrected chi connectivity index (χ3v) is 3.78. The molecule has 0 radical (unpaired) electrons. The van der Waals surface area contributed by atoms with Crippen LogP contribution in [0.3, 0.4) is 0 Å². The summed E-state index contributed by atoms with van der Waals surface area (Å²) in [7, 11) is 0. The minimum atomic E-state index is -0.645. The van der Waals surface area contributed by atoms with E-state index in [9.17, 15) is 4.79 Å². The van der Waals surface area contributed by atoms with Gasteiger partial charge >= 0.3 is 5.97 Å². The van der Waals surface area contributed by atoms with Gasteiger partial charge in [-0.1, -0.05) is 28.1 Å². The molecule has 1 aliphatic rings. The number of piperidine rings is 1. The number of halogens is 2. The lowest BCUT2D eigenvalue weighted by Gasteiger charge is -2.29. The van der Waals surface area contributed by atoms with Gasteiger partial charge in [0.05, 0.1) is 5.92 Å². The van der Waals surface area contributed by atoms with E-state index in [-0.39, 0.29) is 18.3 Å². The lowest BCUT2D eigenvalue weighted by molar-refractivity contribution is -0.143. The number of benzene rings is 1. The second-order valence-corrected chi connectivity index (χ2v) is 5.43. The van der Waals surface area contributed by atoms with Crippen LogP contribution in [0.1, 0.15) is 18.4 Å². The molecule has 1 aromatic rings. The maximum atomic E-state index is 10.8. The smallest absolute Gasteiger partial charge is 0.306 e. The quantitative estimate of drug-likeness (QED) is 0.923. The number of hydrogen-bond acceptors (Lipinski definition) is 2. The minimum Gasteiger partial charge on any atom is -0.481 e. The minimum absolute atomic E-state index is 0. The fourth-order valence-corrected chi connectivity index (χ4v) is 2.45. The third-order valence-electron chi connectivity index (χ3n) is 3.26. The van der Waals surface area contributed by atoms with Gasteiger partial charge in [0.2, 0.25) is 0 Å². The molecule has 0 atom stereocenters. The van der Waals surface area contributed by atoms with Gasteiger partial charge in [0.1, 0.15) is 0 Å². The van der Waals surface area contributed by atoms with Crippen LogP contribution in [0.15, 0.2) is 28.7 Å². The third kappa shape index (κ3) is 4.26. The van der Waals surface area contributed by atoms with Crippen molar-refractivity contribution in [1.82, 2.24) is 4.90 Å². The van der Waals surface area contributed by atoms with Crippen LogP contribution < -0.4 is 0 Å². The first-order chi connectivity index (χ1) is 8.15. The molecule has 5 heteroatoms. The second-order valence-electron chi connectivity index (χ2n) is 4.52. The van der Waals surface area contributed by atoms with Gasteiger partial charge < -0.3 is 5.11 Å². The molecule has 1 aromatic carbocycles. The maximum Gasteiger partial charge on any atom is 0.306 e. The van der Waals surface area contributed by atoms with Gasteiger partial charge in [-0.3, -0.25) is 9.69 Å². The standard InChI is InChI=1S/C13H16BrNO2.ClH/c14-12-3-1-10(2-4-12)9-15-7-5-11(6-8-15)13(16)17;/h1-4,11H,5-9H2,(H,16,17);1H. The zero-order valence-electron chi connectivity index (χ0n) is 10.0. The summed E-state index contributed by atoms with van der Waals surface area (Å²) < 4.78 is 1.09. The van der Waals surface area contributed by atoms with E-state index in [1.54, 1.807) is 0 Å². The van der Waals surface area contributed by atoms with Crippen molar-refractivity contribution < 1.29 is 9.90 Å². The van der Waals surface area contributed by atoms with E-state index in [1.807, 2.05) is 12.1 Å². The molecule has 0 spiro atoms. The van der Waals surface area contributed by atoms with Crippen LogP contribution in [0.25, 0.3) is 0 Å². The normalized spacial score (nSPS) is 17.2. The van der Waals surface area contributed by atoms with Crippen molar-refractivity contribution in [3.63, 3.8) is 0 Å². The molecule has 1 saturated heterocycles. The molecule has 3 nitrogen and oxygen atoms in total. The molecule has 1 fully saturated rings. The predicted molar refractivity (Wildman–Crippen MR) is 77.0 cm³/mol. The Morgan fingerprint density at radius 3 is 2.33 bits per heavy atom. The van der Waals surface area contributed by atoms with E-state index in [1.165, 1.54) is 5.56 Å². The first-order valence-corrected chi connectivity index (χ1v) is 6.64. The Hall–Kier alpha value is -0.580. The number of likely N-dealkylation sites (tertiary alicyclic amines) is 1. The Kier molecular flexibility index (Phi) is 6.12. The second kappa shape index (κ2) is 7.12. The summed E-state index contributed by atoms with van der Waals surface area (Å²) in [6, 6.07) is 8.29. The monoisotopic (exact) mass is 333 g/mol. The molecule has 18 heavy (non-hydrogen) atoms. The van der Waals surface area contributed by atoms with Crippen molar-refractivity contribution in [3.8, 4) is 0 Å². The van der Waals surface area contributed by atoms with Gasteiger partial charge in [-0.15, -0.1) is 12.4 Å². The Labute approximate surface area is 122 Å². The predicted octanol–water partition coefficient (Wildman–Crippen LogP) is 3.17. The molecule has 0 aliphatic carbocycles. The summed E-state index contributed by atoms with van der Waals surface area (Å²) in [6.07, 6.45) is 1.54. The topological polar surface area (TPSA) is 40.5 Å². The molecule has 0 amide bonds. The SMILES string of the molecule is Cl.O=C(O)C1CCN(Cc2ccc(Br)cc2)CC1. The van der Waals surface area contributed by atoms with E-state index < -0.39 is 5.97 Å². The van der Waals surface area contributed by atoms with E-state index in [0.717, 1.165) is 36.9 Å². The molecule has 0 saturated carbocycles. The molecule has 1 aliphatic heterocycles. The van der Waals surface area contributed by atoms with Crippen LogP contribution in [0.4, 0.5) is 0 Å². The van der Waals surface area contributed by atoms with Crippen molar-refractivity contribution in [3.05, 3.63) is 34.3 Å². The van der Waals surface area contributed by atoms with Gasteiger partial charge in [-0.25, -0.2) is 0 Å². The lowest BCUT2D eigenvalue weighted by atomic mass is 9.97. The van der Waals surface area contributed by atoms with Crippen LogP contribution >= 0.6 is 28.3 Å². The number of aliphatic carboxylic acids is 1. The van der Waals surface area contributed by atoms with Crippen LogP contribution in [-0.2, 0) is 11.3 Å². The van der Waals surface area contributed by atoms with Crippen molar-refractivity contribution in [2.45, 2.75) is 19.4 Å². The van der Waals surface area contributed by atoms with Gasteiger partial charge in [-0.2, -0.15) is 0 Å². The summed E-state index contributed by atoms with van der Waals surface area (Å²) in [5.74, 6) is -0.788. The lowest BCUT2D eigenvalue weighted by Crippen LogP contribution is -2.35. The summed E-state index contributed by atoms with van der Waals surface area (Å²) in [5, 5.41) is 8.92. The first-order valence-electron chi connectivity index (χ1n) is 5.85. The number of hydrogen-bond donors (Lipinski definition) is 1. The molecular formula is C13H17BrClNO2. The van der Waals surface area contributed by atoms with Crippen molar-refractivity contribution in [2.75, 3.05) is 13.1 Å². The number of nitrogens with zero attached hydrogens (tertiary/aromatic N) is 1. The molecule has 0 unspecified atom stereocenters. The van der Waals surface area contributed by atoms with Gasteiger partial charge in [0.15, 0.2) is 0 Å². The van der Waals surface area contributed by atoms with Crippen LogP contribution in [0, 0.1) is 5.92 Å². The Morgan fingerprint density at radius 1 is 1.28 bits per heavy atom. The van der Waals surface area contributed by atoms with Crippen LogP contribution in [0.2, 0.25) is 0 Å². The summed E-state index contributed by atoms with van der Waals surface area (Å²) in [4.78, 5) is 13.2. The highest BCUT2D eigenvalue weighted by molar-refractivity contribution is 9.10. The van der Waals surface area contributed by atoms with E-state index in [2.05, 4.69) is 33.0 Å². The van der Waals surface area contributed by atoms with Crippen molar-refractivity contribution >= 4 is 34.3 Å². The van der Waals surface area contributed by atoms with Crippen molar-refractivity contribution in [2.24, 2.45) is 5.92 Å². The molecule has 1 N–H and O–H groups in total. The number of carboxylic acids is 1. The number of carboxylic acid groups (broad SMARTS) is 1. The average Bonchev–Trinajstić information content (AvgIpc) is 2.33. The molecule has 0 aromatic heterocycles. The number of rotatable bonds is 3. The summed E-state index contributed by atoms with van der Waals surface area (Å²) in [5.41, 5.74) is 1.28. The fraction of sp³-hybridized carbons (Fsp3) is 0.462. The van der Waals surface area contributed by atoms with Gasteiger partial charge in [0.25, 0.3) is 0 Å². The van der Waals surface area contributed by atoms with Gasteiger partial charge in [-0.05, 0) is 43.6 Å². The van der Waals surface area contributed by atoms with E-state index in [0.29, 0.717) is 0 Å². The highest BCUT2D eigenvalue weighted by Gasteiger charge is 2.24. The van der Waals surface area contributed by atoms with Crippen LogP contribution in [-0.4, -0.2) is 29.1 Å². The molecule has 2 rings (SSSR count). The zero-order valence-corrected chi connectivity index (χ0v) is 12.4. The number of carbonyl (C=O) groups is 1. The summed E-state index contributed by atoms with van der Waals surface area (Å²) in [6.45, 7) is 2.68. The highest BCUT2D eigenvalue weighted by Crippen LogP contribution is 2.19. The van der Waals surface area contributed by atoms with E-state index >= 15 is 0 Å².